The van der Waals surface area contributed by atoms with Crippen molar-refractivity contribution in [1.29, 1.82) is 0 Å². The third-order valence-corrected chi connectivity index (χ3v) is 3.91. The third-order valence-electron chi connectivity index (χ3n) is 2.47. The number of nitrogens with zero attached hydrogens (tertiary/aromatic N) is 1. The smallest absolute Gasteiger partial charge is 0.242 e. The Labute approximate surface area is 123 Å². The van der Waals surface area contributed by atoms with E-state index in [1.54, 1.807) is 0 Å². The fourth-order valence-electron chi connectivity index (χ4n) is 1.39. The minimum Gasteiger partial charge on any atom is -0.383 e. The van der Waals surface area contributed by atoms with Gasteiger partial charge in [0.25, 0.3) is 0 Å². The van der Waals surface area contributed by atoms with Gasteiger partial charge in [0.05, 0.1) is 6.61 Å². The molecule has 9 nitrogen and oxygen atoms in total. The fourth-order valence-corrected chi connectivity index (χ4v) is 2.36. The molecular formula is C11H19N5O4S. The van der Waals surface area contributed by atoms with Crippen LogP contribution in [0.25, 0.3) is 0 Å². The molecule has 5 N–H and O–H groups in total. The molecule has 1 heterocycles. The SMILES string of the molecule is COCCNC(=O)CCNS(=O)(=O)c1ccc(NN)nc1. The number of carbonyl (C=O) groups is 1. The summed E-state index contributed by atoms with van der Waals surface area (Å²) in [6.07, 6.45) is 1.22. The monoisotopic (exact) mass is 317 g/mol. The van der Waals surface area contributed by atoms with E-state index in [9.17, 15) is 13.2 Å². The highest BCUT2D eigenvalue weighted by Gasteiger charge is 2.14. The molecule has 0 bridgehead atoms. The minimum absolute atomic E-state index is 0.00120. The maximum absolute atomic E-state index is 11.9. The number of nitrogens with two attached hydrogens (primary N) is 1. The number of amides is 1. The predicted octanol–water partition coefficient (Wildman–Crippen LogP) is -1.20. The number of rotatable bonds is 9. The molecule has 0 aliphatic rings. The number of methoxy groups -OCH3 is 1. The van der Waals surface area contributed by atoms with Gasteiger partial charge in [-0.15, -0.1) is 0 Å². The average Bonchev–Trinajstić information content (AvgIpc) is 2.47. The predicted molar refractivity (Wildman–Crippen MR) is 76.7 cm³/mol. The van der Waals surface area contributed by atoms with Gasteiger partial charge in [0.15, 0.2) is 0 Å². The van der Waals surface area contributed by atoms with E-state index in [0.29, 0.717) is 19.0 Å². The molecular weight excluding hydrogens is 298 g/mol. The summed E-state index contributed by atoms with van der Waals surface area (Å²) in [5.74, 6) is 5.24. The molecule has 21 heavy (non-hydrogen) atoms. The van der Waals surface area contributed by atoms with Gasteiger partial charge in [-0.3, -0.25) is 4.79 Å². The summed E-state index contributed by atoms with van der Waals surface area (Å²) in [7, 11) is -2.16. The zero-order valence-corrected chi connectivity index (χ0v) is 12.4. The Kier molecular flexibility index (Phi) is 7.02. The molecule has 0 radical (unpaired) electrons. The minimum atomic E-state index is -3.69. The first kappa shape index (κ1) is 17.3. The van der Waals surface area contributed by atoms with E-state index >= 15 is 0 Å². The van der Waals surface area contributed by atoms with Crippen LogP contribution in [0.15, 0.2) is 23.2 Å². The molecule has 1 amide bonds. The van der Waals surface area contributed by atoms with Crippen molar-refractivity contribution in [2.75, 3.05) is 32.2 Å². The van der Waals surface area contributed by atoms with Crippen molar-refractivity contribution >= 4 is 21.7 Å². The number of pyridine rings is 1. The number of hydrogen-bond acceptors (Lipinski definition) is 7. The molecule has 0 saturated carbocycles. The van der Waals surface area contributed by atoms with Crippen molar-refractivity contribution < 1.29 is 17.9 Å². The van der Waals surface area contributed by atoms with E-state index in [2.05, 4.69) is 20.4 Å². The quantitative estimate of drug-likeness (QED) is 0.255. The number of ether oxygens (including phenoxy) is 1. The van der Waals surface area contributed by atoms with Crippen molar-refractivity contribution in [3.63, 3.8) is 0 Å². The zero-order chi connectivity index (χ0) is 15.7. The molecule has 0 spiro atoms. The van der Waals surface area contributed by atoms with Gasteiger partial charge in [-0.2, -0.15) is 0 Å². The van der Waals surface area contributed by atoms with Crippen LogP contribution in [-0.4, -0.2) is 46.1 Å². The van der Waals surface area contributed by atoms with Crippen LogP contribution in [-0.2, 0) is 19.6 Å². The summed E-state index contributed by atoms with van der Waals surface area (Å²) in [5.41, 5.74) is 2.30. The Morgan fingerprint density at radius 1 is 1.38 bits per heavy atom. The Balaban J connectivity index is 2.43. The highest BCUT2D eigenvalue weighted by molar-refractivity contribution is 7.89. The topological polar surface area (TPSA) is 135 Å². The average molecular weight is 317 g/mol. The number of hydrogen-bond donors (Lipinski definition) is 4. The third kappa shape index (κ3) is 6.04. The van der Waals surface area contributed by atoms with Crippen molar-refractivity contribution in [3.05, 3.63) is 18.3 Å². The first-order valence-corrected chi connectivity index (χ1v) is 7.66. The van der Waals surface area contributed by atoms with E-state index < -0.39 is 10.0 Å². The normalized spacial score (nSPS) is 11.1. The Morgan fingerprint density at radius 3 is 2.71 bits per heavy atom. The summed E-state index contributed by atoms with van der Waals surface area (Å²) < 4.78 is 30.9. The highest BCUT2D eigenvalue weighted by Crippen LogP contribution is 2.09. The fraction of sp³-hybridized carbons (Fsp3) is 0.455. The van der Waals surface area contributed by atoms with Gasteiger partial charge < -0.3 is 15.5 Å². The summed E-state index contributed by atoms with van der Waals surface area (Å²) in [5, 5.41) is 2.59. The number of aromatic nitrogens is 1. The van der Waals surface area contributed by atoms with Gasteiger partial charge in [0.1, 0.15) is 10.7 Å². The standard InChI is InChI=1S/C11H19N5O4S/c1-20-7-6-13-11(17)4-5-15-21(18,19)9-2-3-10(16-12)14-8-9/h2-3,8,15H,4-7,12H2,1H3,(H,13,17)(H,14,16). The van der Waals surface area contributed by atoms with E-state index in [0.717, 1.165) is 0 Å². The van der Waals surface area contributed by atoms with Gasteiger partial charge in [0.2, 0.25) is 15.9 Å². The zero-order valence-electron chi connectivity index (χ0n) is 11.6. The molecule has 1 aromatic heterocycles. The maximum Gasteiger partial charge on any atom is 0.242 e. The van der Waals surface area contributed by atoms with E-state index in [-0.39, 0.29) is 23.8 Å². The van der Waals surface area contributed by atoms with Crippen molar-refractivity contribution in [2.24, 2.45) is 5.84 Å². The van der Waals surface area contributed by atoms with Crippen molar-refractivity contribution in [1.82, 2.24) is 15.0 Å². The molecule has 0 atom stereocenters. The van der Waals surface area contributed by atoms with Crippen LogP contribution in [0.2, 0.25) is 0 Å². The Bertz CT molecular complexity index is 546. The Hall–Kier alpha value is -1.75. The Morgan fingerprint density at radius 2 is 2.14 bits per heavy atom. The van der Waals surface area contributed by atoms with Crippen LogP contribution in [0.5, 0.6) is 0 Å². The largest absolute Gasteiger partial charge is 0.383 e. The van der Waals surface area contributed by atoms with Crippen LogP contribution >= 0.6 is 0 Å². The second kappa shape index (κ2) is 8.52. The number of nitrogens with one attached hydrogen (secondary N) is 3. The van der Waals surface area contributed by atoms with Crippen molar-refractivity contribution in [2.45, 2.75) is 11.3 Å². The van der Waals surface area contributed by atoms with Gasteiger partial charge in [-0.1, -0.05) is 0 Å². The van der Waals surface area contributed by atoms with Crippen LogP contribution in [0, 0.1) is 0 Å². The van der Waals surface area contributed by atoms with Gasteiger partial charge >= 0.3 is 0 Å². The molecule has 0 unspecified atom stereocenters. The first-order chi connectivity index (χ1) is 9.99. The van der Waals surface area contributed by atoms with Crippen LogP contribution in [0.3, 0.4) is 0 Å². The number of anilines is 1. The number of sulfonamides is 1. The van der Waals surface area contributed by atoms with Gasteiger partial charge in [0, 0.05) is 32.8 Å². The lowest BCUT2D eigenvalue weighted by atomic mass is 10.4. The van der Waals surface area contributed by atoms with Crippen LogP contribution < -0.4 is 21.3 Å². The number of nitrogen functional groups attached to an aromatic ring is 1. The molecule has 1 rings (SSSR count). The number of carbonyl (C=O) groups excluding carboxylic acids is 1. The molecule has 118 valence electrons. The lowest BCUT2D eigenvalue weighted by Crippen LogP contribution is -2.32. The van der Waals surface area contributed by atoms with Gasteiger partial charge in [-0.25, -0.2) is 24.0 Å². The van der Waals surface area contributed by atoms with Crippen LogP contribution in [0.1, 0.15) is 6.42 Å². The van der Waals surface area contributed by atoms with Crippen molar-refractivity contribution in [3.8, 4) is 0 Å². The van der Waals surface area contributed by atoms with E-state index in [1.807, 2.05) is 0 Å². The summed E-state index contributed by atoms with van der Waals surface area (Å²) in [4.78, 5) is 15.2. The molecule has 0 aromatic carbocycles. The second-order valence-electron chi connectivity index (χ2n) is 4.01. The summed E-state index contributed by atoms with van der Waals surface area (Å²) in [6, 6.07) is 2.80. The molecule has 0 aliphatic heterocycles. The number of hydrazine groups is 1. The molecule has 10 heteroatoms. The maximum atomic E-state index is 11.9. The molecule has 0 fully saturated rings. The first-order valence-electron chi connectivity index (χ1n) is 6.17. The highest BCUT2D eigenvalue weighted by atomic mass is 32.2. The summed E-state index contributed by atoms with van der Waals surface area (Å²) in [6.45, 7) is 0.794. The summed E-state index contributed by atoms with van der Waals surface area (Å²) >= 11 is 0. The van der Waals surface area contributed by atoms with E-state index in [4.69, 9.17) is 10.6 Å². The second-order valence-corrected chi connectivity index (χ2v) is 5.78. The lowest BCUT2D eigenvalue weighted by Gasteiger charge is -2.07. The van der Waals surface area contributed by atoms with Crippen LogP contribution in [0.4, 0.5) is 5.82 Å². The van der Waals surface area contributed by atoms with E-state index in [1.165, 1.54) is 25.4 Å². The molecule has 0 aliphatic carbocycles. The molecule has 0 saturated heterocycles. The van der Waals surface area contributed by atoms with Gasteiger partial charge in [-0.05, 0) is 12.1 Å². The lowest BCUT2D eigenvalue weighted by molar-refractivity contribution is -0.121. The molecule has 1 aromatic rings.